The largest absolute Gasteiger partial charge is 0.484 e. The van der Waals surface area contributed by atoms with Crippen LogP contribution in [0.15, 0.2) is 18.2 Å². The summed E-state index contributed by atoms with van der Waals surface area (Å²) in [5, 5.41) is 0. The summed E-state index contributed by atoms with van der Waals surface area (Å²) in [7, 11) is 0. The first kappa shape index (κ1) is 12.8. The molecule has 1 aromatic carbocycles. The van der Waals surface area contributed by atoms with Gasteiger partial charge in [0.15, 0.2) is 6.61 Å². The molecule has 0 aliphatic heterocycles. The summed E-state index contributed by atoms with van der Waals surface area (Å²) in [5.74, 6) is -0.504. The number of ether oxygens (including phenoxy) is 1. The molecule has 0 saturated carbocycles. The van der Waals surface area contributed by atoms with Crippen molar-refractivity contribution in [2.75, 3.05) is 6.61 Å². The molecule has 1 rings (SSSR count). The Kier molecular flexibility index (Phi) is 3.78. The van der Waals surface area contributed by atoms with Gasteiger partial charge in [0.25, 0.3) is 0 Å². The first-order valence-corrected chi connectivity index (χ1v) is 4.78. The molecule has 0 heterocycles. The molecule has 16 heavy (non-hydrogen) atoms. The van der Waals surface area contributed by atoms with Crippen molar-refractivity contribution in [3.8, 4) is 5.75 Å². The van der Waals surface area contributed by atoms with E-state index >= 15 is 0 Å². The molecular formula is C11H12F4O. The lowest BCUT2D eigenvalue weighted by molar-refractivity contribution is -0.153. The van der Waals surface area contributed by atoms with Gasteiger partial charge in [-0.15, -0.1) is 0 Å². The second kappa shape index (κ2) is 4.72. The first-order chi connectivity index (χ1) is 7.29. The van der Waals surface area contributed by atoms with E-state index in [0.717, 1.165) is 6.07 Å². The minimum absolute atomic E-state index is 0.0775. The van der Waals surface area contributed by atoms with E-state index in [1.165, 1.54) is 12.1 Å². The van der Waals surface area contributed by atoms with E-state index in [2.05, 4.69) is 4.74 Å². The van der Waals surface area contributed by atoms with Crippen LogP contribution in [0.2, 0.25) is 0 Å². The van der Waals surface area contributed by atoms with E-state index in [9.17, 15) is 17.6 Å². The lowest BCUT2D eigenvalue weighted by Crippen LogP contribution is -2.19. The van der Waals surface area contributed by atoms with Gasteiger partial charge in [0.05, 0.1) is 0 Å². The fourth-order valence-electron chi connectivity index (χ4n) is 1.26. The molecule has 0 N–H and O–H groups in total. The van der Waals surface area contributed by atoms with Crippen LogP contribution in [-0.4, -0.2) is 12.8 Å². The van der Waals surface area contributed by atoms with Gasteiger partial charge in [-0.25, -0.2) is 4.39 Å². The van der Waals surface area contributed by atoms with Crippen LogP contribution >= 0.6 is 0 Å². The minimum Gasteiger partial charge on any atom is -0.484 e. The van der Waals surface area contributed by atoms with E-state index < -0.39 is 18.6 Å². The zero-order valence-electron chi connectivity index (χ0n) is 8.94. The normalized spacial score (nSPS) is 11.9. The smallest absolute Gasteiger partial charge is 0.422 e. The van der Waals surface area contributed by atoms with Gasteiger partial charge in [0.2, 0.25) is 0 Å². The number of halogens is 4. The highest BCUT2D eigenvalue weighted by molar-refractivity contribution is 5.36. The fraction of sp³-hybridized carbons (Fsp3) is 0.455. The highest BCUT2D eigenvalue weighted by atomic mass is 19.4. The molecule has 0 unspecified atom stereocenters. The summed E-state index contributed by atoms with van der Waals surface area (Å²) >= 11 is 0. The summed E-state index contributed by atoms with van der Waals surface area (Å²) in [5.41, 5.74) is 0.434. The monoisotopic (exact) mass is 236 g/mol. The molecule has 0 saturated heterocycles. The molecule has 0 bridgehead atoms. The maximum Gasteiger partial charge on any atom is 0.422 e. The Labute approximate surface area is 91.0 Å². The summed E-state index contributed by atoms with van der Waals surface area (Å²) in [6, 6.07) is 3.49. The summed E-state index contributed by atoms with van der Waals surface area (Å²) in [6.07, 6.45) is -4.39. The summed E-state index contributed by atoms with van der Waals surface area (Å²) in [4.78, 5) is 0. The van der Waals surface area contributed by atoms with Gasteiger partial charge >= 0.3 is 6.18 Å². The van der Waals surface area contributed by atoms with Crippen LogP contribution in [0.4, 0.5) is 17.6 Å². The molecule has 5 heteroatoms. The number of benzene rings is 1. The van der Waals surface area contributed by atoms with Crippen LogP contribution in [0, 0.1) is 5.82 Å². The van der Waals surface area contributed by atoms with Crippen LogP contribution in [0.3, 0.4) is 0 Å². The van der Waals surface area contributed by atoms with E-state index in [1.807, 2.05) is 0 Å². The molecule has 0 aliphatic rings. The van der Waals surface area contributed by atoms with Crippen molar-refractivity contribution in [2.45, 2.75) is 25.9 Å². The van der Waals surface area contributed by atoms with E-state index in [0.29, 0.717) is 5.56 Å². The average Bonchev–Trinajstić information content (AvgIpc) is 2.14. The van der Waals surface area contributed by atoms with Crippen molar-refractivity contribution in [3.05, 3.63) is 29.6 Å². The Bertz CT molecular complexity index is 357. The lowest BCUT2D eigenvalue weighted by Gasteiger charge is -2.15. The quantitative estimate of drug-likeness (QED) is 0.723. The Hall–Kier alpha value is -1.26. The van der Waals surface area contributed by atoms with E-state index in [4.69, 9.17) is 0 Å². The number of alkyl halides is 3. The Balaban J connectivity index is 2.87. The van der Waals surface area contributed by atoms with Crippen molar-refractivity contribution >= 4 is 0 Å². The zero-order valence-corrected chi connectivity index (χ0v) is 8.94. The summed E-state index contributed by atoms with van der Waals surface area (Å²) < 4.78 is 53.4. The molecule has 1 nitrogen and oxygen atoms in total. The second-order valence-electron chi connectivity index (χ2n) is 3.74. The predicted molar refractivity (Wildman–Crippen MR) is 52.0 cm³/mol. The van der Waals surface area contributed by atoms with Gasteiger partial charge in [0.1, 0.15) is 11.6 Å². The van der Waals surface area contributed by atoms with Gasteiger partial charge in [0, 0.05) is 0 Å². The van der Waals surface area contributed by atoms with Crippen LogP contribution in [-0.2, 0) is 0 Å². The van der Waals surface area contributed by atoms with Crippen LogP contribution in [0.1, 0.15) is 25.3 Å². The van der Waals surface area contributed by atoms with Crippen LogP contribution in [0.5, 0.6) is 5.75 Å². The molecule has 1 aromatic rings. The Morgan fingerprint density at radius 2 is 1.88 bits per heavy atom. The molecule has 0 spiro atoms. The Morgan fingerprint density at radius 1 is 1.25 bits per heavy atom. The van der Waals surface area contributed by atoms with Crippen molar-refractivity contribution in [2.24, 2.45) is 0 Å². The minimum atomic E-state index is -4.39. The average molecular weight is 236 g/mol. The number of hydrogen-bond donors (Lipinski definition) is 0. The second-order valence-corrected chi connectivity index (χ2v) is 3.74. The Morgan fingerprint density at radius 3 is 2.38 bits per heavy atom. The third kappa shape index (κ3) is 3.72. The SMILES string of the molecule is CC(C)c1cc(F)ccc1OCC(F)(F)F. The third-order valence-corrected chi connectivity index (χ3v) is 1.99. The molecule has 0 atom stereocenters. The molecule has 0 aromatic heterocycles. The lowest BCUT2D eigenvalue weighted by atomic mass is 10.0. The van der Waals surface area contributed by atoms with Crippen LogP contribution in [0.25, 0.3) is 0 Å². The van der Waals surface area contributed by atoms with E-state index in [-0.39, 0.29) is 11.7 Å². The topological polar surface area (TPSA) is 9.23 Å². The fourth-order valence-corrected chi connectivity index (χ4v) is 1.26. The van der Waals surface area contributed by atoms with Gasteiger partial charge < -0.3 is 4.74 Å². The summed E-state index contributed by atoms with van der Waals surface area (Å²) in [6.45, 7) is 2.16. The molecule has 0 aliphatic carbocycles. The van der Waals surface area contributed by atoms with Gasteiger partial charge in [-0.3, -0.25) is 0 Å². The van der Waals surface area contributed by atoms with E-state index in [1.54, 1.807) is 13.8 Å². The molecular weight excluding hydrogens is 224 g/mol. The number of rotatable bonds is 3. The van der Waals surface area contributed by atoms with Crippen molar-refractivity contribution in [1.29, 1.82) is 0 Å². The van der Waals surface area contributed by atoms with Gasteiger partial charge in [-0.1, -0.05) is 13.8 Å². The van der Waals surface area contributed by atoms with Crippen molar-refractivity contribution < 1.29 is 22.3 Å². The highest BCUT2D eigenvalue weighted by Crippen LogP contribution is 2.28. The standard InChI is InChI=1S/C11H12F4O/c1-7(2)9-5-8(12)3-4-10(9)16-6-11(13,14)15/h3-5,7H,6H2,1-2H3. The predicted octanol–water partition coefficient (Wildman–Crippen LogP) is 3.89. The maximum absolute atomic E-state index is 12.9. The third-order valence-electron chi connectivity index (χ3n) is 1.99. The highest BCUT2D eigenvalue weighted by Gasteiger charge is 2.29. The maximum atomic E-state index is 12.9. The van der Waals surface area contributed by atoms with Crippen LogP contribution < -0.4 is 4.74 Å². The molecule has 0 fully saturated rings. The van der Waals surface area contributed by atoms with Crippen molar-refractivity contribution in [1.82, 2.24) is 0 Å². The first-order valence-electron chi connectivity index (χ1n) is 4.78. The molecule has 0 amide bonds. The zero-order chi connectivity index (χ0) is 12.3. The number of hydrogen-bond acceptors (Lipinski definition) is 1. The van der Waals surface area contributed by atoms with Crippen molar-refractivity contribution in [3.63, 3.8) is 0 Å². The molecule has 90 valence electrons. The van der Waals surface area contributed by atoms with Gasteiger partial charge in [-0.2, -0.15) is 13.2 Å². The molecule has 0 radical (unpaired) electrons. The van der Waals surface area contributed by atoms with Gasteiger partial charge in [-0.05, 0) is 29.7 Å².